The summed E-state index contributed by atoms with van der Waals surface area (Å²) in [5.74, 6) is -1.23. The molecule has 6 nitrogen and oxygen atoms in total. The topological polar surface area (TPSA) is 108 Å². The summed E-state index contributed by atoms with van der Waals surface area (Å²) in [6.07, 6.45) is 6.15. The summed E-state index contributed by atoms with van der Waals surface area (Å²) in [5.41, 5.74) is 0.353. The molecule has 0 saturated heterocycles. The molecule has 0 aliphatic heterocycles. The molecular formula is C28H34O6. The molecule has 0 saturated carbocycles. The van der Waals surface area contributed by atoms with Crippen molar-refractivity contribution in [3.8, 4) is 11.5 Å². The highest BCUT2D eigenvalue weighted by atomic mass is 16.3. The molecular weight excluding hydrogens is 432 g/mol. The van der Waals surface area contributed by atoms with Gasteiger partial charge in [0.05, 0.1) is 5.56 Å². The van der Waals surface area contributed by atoms with Crippen molar-refractivity contribution in [1.82, 2.24) is 0 Å². The molecule has 1 aliphatic carbocycles. The van der Waals surface area contributed by atoms with Crippen molar-refractivity contribution in [3.05, 3.63) is 68.1 Å². The molecule has 1 heterocycles. The van der Waals surface area contributed by atoms with Crippen LogP contribution in [0.4, 0.5) is 0 Å². The van der Waals surface area contributed by atoms with E-state index < -0.39 is 28.5 Å². The van der Waals surface area contributed by atoms with Gasteiger partial charge in [0.25, 0.3) is 0 Å². The van der Waals surface area contributed by atoms with E-state index in [9.17, 15) is 24.9 Å². The third kappa shape index (κ3) is 4.73. The zero-order valence-electron chi connectivity index (χ0n) is 20.8. The van der Waals surface area contributed by atoms with Gasteiger partial charge in [0.1, 0.15) is 28.2 Å². The Balaban J connectivity index is 2.38. The summed E-state index contributed by atoms with van der Waals surface area (Å²) >= 11 is 0. The summed E-state index contributed by atoms with van der Waals surface area (Å²) in [6.45, 7) is 11.4. The first-order chi connectivity index (χ1) is 15.9. The molecule has 34 heavy (non-hydrogen) atoms. The lowest BCUT2D eigenvalue weighted by atomic mass is 9.72. The molecule has 3 N–H and O–H groups in total. The van der Waals surface area contributed by atoms with Crippen LogP contribution in [-0.4, -0.2) is 21.1 Å². The van der Waals surface area contributed by atoms with Gasteiger partial charge in [-0.2, -0.15) is 0 Å². The number of phenolic OH excluding ortho intramolecular Hbond substituents is 2. The van der Waals surface area contributed by atoms with Gasteiger partial charge in [0, 0.05) is 30.4 Å². The maximum Gasteiger partial charge on any atom is 0.203 e. The van der Waals surface area contributed by atoms with Crippen molar-refractivity contribution >= 4 is 16.8 Å². The minimum atomic E-state index is -2.05. The number of allylic oxidation sites excluding steroid dienone is 5. The van der Waals surface area contributed by atoms with Gasteiger partial charge >= 0.3 is 0 Å². The number of hydrogen-bond acceptors (Lipinski definition) is 6. The van der Waals surface area contributed by atoms with Crippen LogP contribution in [0.15, 0.2) is 50.2 Å². The normalized spacial score (nSPS) is 19.5. The largest absolute Gasteiger partial charge is 0.507 e. The van der Waals surface area contributed by atoms with Crippen molar-refractivity contribution in [2.45, 2.75) is 78.7 Å². The van der Waals surface area contributed by atoms with Crippen molar-refractivity contribution in [2.24, 2.45) is 0 Å². The Morgan fingerprint density at radius 2 is 1.65 bits per heavy atom. The van der Waals surface area contributed by atoms with Crippen molar-refractivity contribution < 1.29 is 24.5 Å². The van der Waals surface area contributed by atoms with Crippen LogP contribution < -0.4 is 5.43 Å². The molecule has 2 aromatic rings. The number of phenols is 2. The zero-order valence-corrected chi connectivity index (χ0v) is 20.8. The molecule has 0 amide bonds. The van der Waals surface area contributed by atoms with Gasteiger partial charge in [-0.1, -0.05) is 34.9 Å². The number of carbonyl (C=O) groups is 1. The fourth-order valence-electron chi connectivity index (χ4n) is 4.33. The Bertz CT molecular complexity index is 1280. The Hall–Kier alpha value is -3.12. The van der Waals surface area contributed by atoms with Gasteiger partial charge in [0.15, 0.2) is 11.4 Å². The van der Waals surface area contributed by atoms with E-state index >= 15 is 0 Å². The molecule has 6 heteroatoms. The van der Waals surface area contributed by atoms with Crippen LogP contribution in [-0.2, 0) is 16.8 Å². The molecule has 1 aromatic heterocycles. The SMILES string of the molecule is CC(C)=CCc1c(O)cc2oc3c(c(=O)c2c1O)[C@](O)(CC=C(C)C)C(=O)C[C@H]3CC=C(C)C. The number of aliphatic hydroxyl groups is 1. The highest BCUT2D eigenvalue weighted by Gasteiger charge is 2.48. The average molecular weight is 467 g/mol. The van der Waals surface area contributed by atoms with E-state index in [2.05, 4.69) is 0 Å². The standard InChI is InChI=1S/C28H34O6/c1-15(2)7-9-18-13-22(30)28(33,12-11-17(5)6)24-26(32)23-21(34-27(18)24)14-20(29)19(25(23)31)10-8-16(3)4/h7-8,11,14,18,29,31,33H,9-10,12-13H2,1-6H3/t18-,28+/m1/s1. The zero-order chi connectivity index (χ0) is 25.4. The quantitative estimate of drug-likeness (QED) is 0.474. The first-order valence-corrected chi connectivity index (χ1v) is 11.6. The molecule has 1 aromatic carbocycles. The number of benzene rings is 1. The summed E-state index contributed by atoms with van der Waals surface area (Å²) in [6, 6.07) is 1.33. The fraction of sp³-hybridized carbons (Fsp3) is 0.429. The lowest BCUT2D eigenvalue weighted by molar-refractivity contribution is -0.140. The van der Waals surface area contributed by atoms with Crippen LogP contribution in [0.1, 0.15) is 83.6 Å². The second kappa shape index (κ2) is 9.63. The minimum absolute atomic E-state index is 0.0228. The van der Waals surface area contributed by atoms with E-state index in [4.69, 9.17) is 4.42 Å². The van der Waals surface area contributed by atoms with E-state index in [1.165, 1.54) is 6.07 Å². The Morgan fingerprint density at radius 3 is 2.24 bits per heavy atom. The maximum absolute atomic E-state index is 13.8. The number of carbonyl (C=O) groups excluding carboxylic acids is 1. The van der Waals surface area contributed by atoms with Crippen LogP contribution in [0.25, 0.3) is 11.0 Å². The Labute approximate surface area is 199 Å². The molecule has 0 bridgehead atoms. The highest BCUT2D eigenvalue weighted by molar-refractivity contribution is 5.94. The summed E-state index contributed by atoms with van der Waals surface area (Å²) in [5, 5.41) is 33.0. The summed E-state index contributed by atoms with van der Waals surface area (Å²) in [7, 11) is 0. The second-order valence-corrected chi connectivity index (χ2v) is 9.94. The number of ketones is 1. The van der Waals surface area contributed by atoms with Gasteiger partial charge in [-0.25, -0.2) is 0 Å². The van der Waals surface area contributed by atoms with E-state index in [1.807, 2.05) is 53.7 Å². The van der Waals surface area contributed by atoms with Crippen LogP contribution in [0.2, 0.25) is 0 Å². The molecule has 0 fully saturated rings. The Kier molecular flexibility index (Phi) is 7.22. The van der Waals surface area contributed by atoms with Crippen molar-refractivity contribution in [1.29, 1.82) is 0 Å². The maximum atomic E-state index is 13.8. The summed E-state index contributed by atoms with van der Waals surface area (Å²) in [4.78, 5) is 27.0. The smallest absolute Gasteiger partial charge is 0.203 e. The molecule has 3 rings (SSSR count). The van der Waals surface area contributed by atoms with Crippen molar-refractivity contribution in [3.63, 3.8) is 0 Å². The molecule has 1 aliphatic rings. The highest BCUT2D eigenvalue weighted by Crippen LogP contribution is 2.45. The van der Waals surface area contributed by atoms with Gasteiger partial charge in [-0.05, 0) is 54.4 Å². The summed E-state index contributed by atoms with van der Waals surface area (Å²) < 4.78 is 6.11. The monoisotopic (exact) mass is 466 g/mol. The van der Waals surface area contributed by atoms with E-state index in [0.717, 1.165) is 16.7 Å². The fourth-order valence-corrected chi connectivity index (χ4v) is 4.33. The first kappa shape index (κ1) is 25.5. The number of Topliss-reactive ketones (excluding diaryl/α,β-unsaturated/α-hetero) is 1. The van der Waals surface area contributed by atoms with Crippen LogP contribution in [0.3, 0.4) is 0 Å². The number of fused-ring (bicyclic) bond motifs is 2. The lowest BCUT2D eigenvalue weighted by Gasteiger charge is -2.34. The molecule has 2 atom stereocenters. The lowest BCUT2D eigenvalue weighted by Crippen LogP contribution is -2.45. The molecule has 0 unspecified atom stereocenters. The van der Waals surface area contributed by atoms with Crippen LogP contribution >= 0.6 is 0 Å². The predicted molar refractivity (Wildman–Crippen MR) is 133 cm³/mol. The van der Waals surface area contributed by atoms with E-state index in [0.29, 0.717) is 6.42 Å². The number of rotatable bonds is 6. The number of hydrogen-bond donors (Lipinski definition) is 3. The van der Waals surface area contributed by atoms with E-state index in [-0.39, 0.29) is 52.9 Å². The first-order valence-electron chi connectivity index (χ1n) is 11.6. The second-order valence-electron chi connectivity index (χ2n) is 9.94. The molecule has 182 valence electrons. The number of aromatic hydroxyl groups is 2. The average Bonchev–Trinajstić information content (AvgIpc) is 2.73. The van der Waals surface area contributed by atoms with Gasteiger partial charge < -0.3 is 19.7 Å². The third-order valence-corrected chi connectivity index (χ3v) is 6.27. The van der Waals surface area contributed by atoms with Crippen LogP contribution in [0, 0.1) is 0 Å². The van der Waals surface area contributed by atoms with Gasteiger partial charge in [0.2, 0.25) is 5.43 Å². The van der Waals surface area contributed by atoms with Crippen molar-refractivity contribution in [2.75, 3.05) is 0 Å². The minimum Gasteiger partial charge on any atom is -0.507 e. The Morgan fingerprint density at radius 1 is 1.03 bits per heavy atom. The van der Waals surface area contributed by atoms with Gasteiger partial charge in [-0.3, -0.25) is 9.59 Å². The predicted octanol–water partition coefficient (Wildman–Crippen LogP) is 5.67. The van der Waals surface area contributed by atoms with E-state index in [1.54, 1.807) is 6.08 Å². The molecule has 0 spiro atoms. The molecule has 0 radical (unpaired) electrons. The van der Waals surface area contributed by atoms with Crippen LogP contribution in [0.5, 0.6) is 11.5 Å². The van der Waals surface area contributed by atoms with Gasteiger partial charge in [-0.15, -0.1) is 0 Å². The third-order valence-electron chi connectivity index (χ3n) is 6.27.